The Morgan fingerprint density at radius 2 is 2.00 bits per heavy atom. The molecule has 0 spiro atoms. The molecule has 1 N–H and O–H groups in total. The van der Waals surface area contributed by atoms with Crippen molar-refractivity contribution in [3.8, 4) is 0 Å². The summed E-state index contributed by atoms with van der Waals surface area (Å²) < 4.78 is 14.6. The average molecular weight is 344 g/mol. The number of rotatable bonds is 3. The van der Waals surface area contributed by atoms with Gasteiger partial charge in [-0.15, -0.1) is 0 Å². The van der Waals surface area contributed by atoms with E-state index in [9.17, 15) is 9.50 Å². The number of hydrogen-bond donors (Lipinski definition) is 1. The van der Waals surface area contributed by atoms with Crippen LogP contribution < -0.4 is 0 Å². The van der Waals surface area contributed by atoms with E-state index in [0.29, 0.717) is 10.6 Å². The normalized spacial score (nSPS) is 12.5. The van der Waals surface area contributed by atoms with Crippen LogP contribution in [0.5, 0.6) is 0 Å². The zero-order chi connectivity index (χ0) is 14.0. The first-order valence-electron chi connectivity index (χ1n) is 5.85. The molecule has 1 nitrogen and oxygen atoms in total. The predicted molar refractivity (Wildman–Crippen MR) is 79.0 cm³/mol. The van der Waals surface area contributed by atoms with E-state index < -0.39 is 6.10 Å². The average Bonchev–Trinajstić information content (AvgIpc) is 2.32. The molecule has 0 fully saturated rings. The summed E-state index contributed by atoms with van der Waals surface area (Å²) in [5, 5.41) is 10.6. The standard InChI is InChI=1S/C15H13BrClFO/c1-9-6-11(16)3-5-13(9)15(19)7-10-2-4-12(17)8-14(10)18/h2-6,8,15,19H,7H2,1H3. The second-order valence-electron chi connectivity index (χ2n) is 4.46. The summed E-state index contributed by atoms with van der Waals surface area (Å²) in [6, 6.07) is 10.1. The van der Waals surface area contributed by atoms with Gasteiger partial charge in [-0.3, -0.25) is 0 Å². The summed E-state index contributed by atoms with van der Waals surface area (Å²) in [7, 11) is 0. The summed E-state index contributed by atoms with van der Waals surface area (Å²) in [5.41, 5.74) is 2.23. The van der Waals surface area contributed by atoms with E-state index in [4.69, 9.17) is 11.6 Å². The van der Waals surface area contributed by atoms with Crippen LogP contribution in [0.3, 0.4) is 0 Å². The van der Waals surface area contributed by atoms with Crippen molar-refractivity contribution in [2.45, 2.75) is 19.4 Å². The number of aryl methyl sites for hydroxylation is 1. The molecule has 0 heterocycles. The van der Waals surface area contributed by atoms with Crippen LogP contribution in [-0.4, -0.2) is 5.11 Å². The number of aliphatic hydroxyl groups excluding tert-OH is 1. The maximum absolute atomic E-state index is 13.7. The molecule has 0 aromatic heterocycles. The third kappa shape index (κ3) is 3.56. The highest BCUT2D eigenvalue weighted by atomic mass is 79.9. The van der Waals surface area contributed by atoms with E-state index in [-0.39, 0.29) is 12.2 Å². The summed E-state index contributed by atoms with van der Waals surface area (Å²) >= 11 is 9.08. The zero-order valence-corrected chi connectivity index (χ0v) is 12.7. The van der Waals surface area contributed by atoms with E-state index in [1.54, 1.807) is 12.1 Å². The summed E-state index contributed by atoms with van der Waals surface area (Å²) in [6.07, 6.45) is -0.505. The van der Waals surface area contributed by atoms with Gasteiger partial charge in [-0.05, 0) is 47.9 Å². The molecule has 0 aliphatic carbocycles. The second kappa shape index (κ2) is 6.04. The van der Waals surface area contributed by atoms with Gasteiger partial charge >= 0.3 is 0 Å². The Balaban J connectivity index is 2.23. The molecule has 2 aromatic rings. The lowest BCUT2D eigenvalue weighted by atomic mass is 9.97. The van der Waals surface area contributed by atoms with E-state index in [1.807, 2.05) is 25.1 Å². The van der Waals surface area contributed by atoms with E-state index >= 15 is 0 Å². The van der Waals surface area contributed by atoms with Gasteiger partial charge in [-0.2, -0.15) is 0 Å². The van der Waals surface area contributed by atoms with Gasteiger partial charge in [0.25, 0.3) is 0 Å². The van der Waals surface area contributed by atoms with Crippen LogP contribution >= 0.6 is 27.5 Å². The van der Waals surface area contributed by atoms with Crippen LogP contribution in [0, 0.1) is 12.7 Å². The topological polar surface area (TPSA) is 20.2 Å². The van der Waals surface area contributed by atoms with Crippen molar-refractivity contribution in [2.24, 2.45) is 0 Å². The summed E-state index contributed by atoms with van der Waals surface area (Å²) in [5.74, 6) is -0.388. The second-order valence-corrected chi connectivity index (χ2v) is 5.81. The Hall–Kier alpha value is -0.900. The molecule has 2 rings (SSSR count). The third-order valence-electron chi connectivity index (χ3n) is 3.02. The molecule has 1 atom stereocenters. The zero-order valence-electron chi connectivity index (χ0n) is 10.3. The van der Waals surface area contributed by atoms with Crippen molar-refractivity contribution in [3.63, 3.8) is 0 Å². The molecule has 0 bridgehead atoms. The molecule has 100 valence electrons. The minimum Gasteiger partial charge on any atom is -0.388 e. The lowest BCUT2D eigenvalue weighted by Gasteiger charge is -2.14. The molecule has 4 heteroatoms. The number of aliphatic hydroxyl groups is 1. The van der Waals surface area contributed by atoms with E-state index in [2.05, 4.69) is 15.9 Å². The maximum atomic E-state index is 13.7. The molecule has 2 aromatic carbocycles. The SMILES string of the molecule is Cc1cc(Br)ccc1C(O)Cc1ccc(Cl)cc1F. The first kappa shape index (κ1) is 14.5. The maximum Gasteiger partial charge on any atom is 0.127 e. The van der Waals surface area contributed by atoms with Gasteiger partial charge in [-0.25, -0.2) is 4.39 Å². The lowest BCUT2D eigenvalue weighted by Crippen LogP contribution is -2.05. The molecule has 19 heavy (non-hydrogen) atoms. The first-order chi connectivity index (χ1) is 8.97. The van der Waals surface area contributed by atoms with Gasteiger partial charge in [0.05, 0.1) is 6.10 Å². The minimum atomic E-state index is -0.733. The third-order valence-corrected chi connectivity index (χ3v) is 3.75. The first-order valence-corrected chi connectivity index (χ1v) is 7.02. The smallest absolute Gasteiger partial charge is 0.127 e. The molecule has 1 unspecified atom stereocenters. The van der Waals surface area contributed by atoms with Crippen molar-refractivity contribution < 1.29 is 9.50 Å². The van der Waals surface area contributed by atoms with Crippen molar-refractivity contribution in [1.82, 2.24) is 0 Å². The monoisotopic (exact) mass is 342 g/mol. The van der Waals surface area contributed by atoms with Crippen LogP contribution in [0.25, 0.3) is 0 Å². The van der Waals surface area contributed by atoms with Crippen molar-refractivity contribution in [1.29, 1.82) is 0 Å². The van der Waals surface area contributed by atoms with E-state index in [0.717, 1.165) is 15.6 Å². The highest BCUT2D eigenvalue weighted by Gasteiger charge is 2.14. The Bertz CT molecular complexity index is 601. The molecular weight excluding hydrogens is 331 g/mol. The van der Waals surface area contributed by atoms with E-state index in [1.165, 1.54) is 6.07 Å². The Morgan fingerprint density at radius 3 is 2.63 bits per heavy atom. The Kier molecular flexibility index (Phi) is 4.61. The molecular formula is C15H13BrClFO. The number of halogens is 3. The summed E-state index contributed by atoms with van der Waals surface area (Å²) in [4.78, 5) is 0. The molecule has 0 radical (unpaired) electrons. The van der Waals surface area contributed by atoms with Gasteiger partial charge in [0.15, 0.2) is 0 Å². The highest BCUT2D eigenvalue weighted by Crippen LogP contribution is 2.26. The molecule has 0 aliphatic heterocycles. The summed E-state index contributed by atoms with van der Waals surface area (Å²) in [6.45, 7) is 1.92. The van der Waals surface area contributed by atoms with Gasteiger partial charge in [0.1, 0.15) is 5.82 Å². The largest absolute Gasteiger partial charge is 0.388 e. The van der Waals surface area contributed by atoms with Gasteiger partial charge in [0, 0.05) is 15.9 Å². The Morgan fingerprint density at radius 1 is 1.26 bits per heavy atom. The van der Waals surface area contributed by atoms with Gasteiger partial charge < -0.3 is 5.11 Å². The fraction of sp³-hybridized carbons (Fsp3) is 0.200. The highest BCUT2D eigenvalue weighted by molar-refractivity contribution is 9.10. The van der Waals surface area contributed by atoms with Crippen LogP contribution in [0.4, 0.5) is 4.39 Å². The minimum absolute atomic E-state index is 0.228. The molecule has 0 saturated heterocycles. The van der Waals surface area contributed by atoms with Gasteiger partial charge in [-0.1, -0.05) is 39.7 Å². The van der Waals surface area contributed by atoms with Crippen molar-refractivity contribution in [2.75, 3.05) is 0 Å². The van der Waals surface area contributed by atoms with Crippen LogP contribution in [-0.2, 0) is 6.42 Å². The quantitative estimate of drug-likeness (QED) is 0.846. The van der Waals surface area contributed by atoms with Crippen LogP contribution in [0.1, 0.15) is 22.8 Å². The van der Waals surface area contributed by atoms with Gasteiger partial charge in [0.2, 0.25) is 0 Å². The molecule has 0 saturated carbocycles. The van der Waals surface area contributed by atoms with Crippen molar-refractivity contribution in [3.05, 3.63) is 68.4 Å². The fourth-order valence-electron chi connectivity index (χ4n) is 2.02. The number of benzene rings is 2. The van der Waals surface area contributed by atoms with Crippen LogP contribution in [0.15, 0.2) is 40.9 Å². The van der Waals surface area contributed by atoms with Crippen LogP contribution in [0.2, 0.25) is 5.02 Å². The van der Waals surface area contributed by atoms with Crippen molar-refractivity contribution >= 4 is 27.5 Å². The molecule has 0 amide bonds. The lowest BCUT2D eigenvalue weighted by molar-refractivity contribution is 0.176. The number of hydrogen-bond acceptors (Lipinski definition) is 1. The predicted octanol–water partition coefficient (Wildman–Crippen LogP) is 4.83. The Labute approximate surface area is 125 Å². The molecule has 0 aliphatic rings. The fourth-order valence-corrected chi connectivity index (χ4v) is 2.65.